The van der Waals surface area contributed by atoms with E-state index < -0.39 is 33.9 Å². The molecular weight excluding hydrogens is 458 g/mol. The fourth-order valence-corrected chi connectivity index (χ4v) is 5.73. The van der Waals surface area contributed by atoms with Gasteiger partial charge in [0, 0.05) is 6.54 Å². The van der Waals surface area contributed by atoms with E-state index in [1.54, 1.807) is 32.0 Å². The van der Waals surface area contributed by atoms with Crippen LogP contribution in [0, 0.1) is 0 Å². The van der Waals surface area contributed by atoms with Crippen LogP contribution < -0.4 is 4.80 Å². The highest BCUT2D eigenvalue weighted by Crippen LogP contribution is 2.23. The number of aromatic nitrogens is 1. The highest BCUT2D eigenvalue weighted by molar-refractivity contribution is 7.88. The highest BCUT2D eigenvalue weighted by Gasteiger charge is 2.36. The van der Waals surface area contributed by atoms with Crippen LogP contribution in [0.1, 0.15) is 37.0 Å². The lowest BCUT2D eigenvalue weighted by Gasteiger charge is -2.18. The van der Waals surface area contributed by atoms with E-state index in [1.165, 1.54) is 4.57 Å². The van der Waals surface area contributed by atoms with Crippen LogP contribution in [0.25, 0.3) is 10.2 Å². The second-order valence-corrected chi connectivity index (χ2v) is 10.1. The molecule has 174 valence electrons. The Morgan fingerprint density at radius 1 is 1.19 bits per heavy atom. The van der Waals surface area contributed by atoms with E-state index in [0.29, 0.717) is 28.6 Å². The minimum Gasteiger partial charge on any atom is -0.465 e. The number of rotatable bonds is 7. The van der Waals surface area contributed by atoms with Gasteiger partial charge in [-0.15, -0.1) is 0 Å². The molecule has 1 aromatic carbocycles. The fraction of sp³-hybridized carbons (Fsp3) is 0.500. The molecule has 0 bridgehead atoms. The van der Waals surface area contributed by atoms with Gasteiger partial charge in [0.2, 0.25) is 10.0 Å². The van der Waals surface area contributed by atoms with Crippen molar-refractivity contribution in [1.29, 1.82) is 0 Å². The molecule has 1 unspecified atom stereocenters. The fourth-order valence-electron chi connectivity index (χ4n) is 3.54. The number of benzene rings is 1. The third-order valence-electron chi connectivity index (χ3n) is 4.91. The molecule has 3 rings (SSSR count). The molecule has 32 heavy (non-hydrogen) atoms. The van der Waals surface area contributed by atoms with Gasteiger partial charge < -0.3 is 14.0 Å². The molecule has 1 aliphatic heterocycles. The number of amides is 1. The van der Waals surface area contributed by atoms with E-state index in [1.807, 2.05) is 0 Å². The second kappa shape index (κ2) is 9.92. The first-order chi connectivity index (χ1) is 15.2. The van der Waals surface area contributed by atoms with Crippen molar-refractivity contribution in [3.63, 3.8) is 0 Å². The van der Waals surface area contributed by atoms with Crippen molar-refractivity contribution >= 4 is 49.4 Å². The number of hydrogen-bond acceptors (Lipinski definition) is 8. The Morgan fingerprint density at radius 3 is 2.56 bits per heavy atom. The van der Waals surface area contributed by atoms with Gasteiger partial charge in [-0.2, -0.15) is 9.30 Å². The minimum absolute atomic E-state index is 0.181. The monoisotopic (exact) mass is 483 g/mol. The molecule has 10 nitrogen and oxygen atoms in total. The summed E-state index contributed by atoms with van der Waals surface area (Å²) in [5, 5.41) is 0. The summed E-state index contributed by atoms with van der Waals surface area (Å²) in [6.07, 6.45) is 2.01. The van der Waals surface area contributed by atoms with Crippen LogP contribution in [0.2, 0.25) is 0 Å². The normalized spacial score (nSPS) is 17.6. The molecule has 0 N–H and O–H groups in total. The van der Waals surface area contributed by atoms with E-state index in [2.05, 4.69) is 4.99 Å². The molecule has 1 saturated heterocycles. The lowest BCUT2D eigenvalue weighted by Crippen LogP contribution is -2.40. The number of carbonyl (C=O) groups is 3. The van der Waals surface area contributed by atoms with Crippen molar-refractivity contribution in [3.05, 3.63) is 28.6 Å². The first-order valence-corrected chi connectivity index (χ1v) is 12.8. The maximum absolute atomic E-state index is 12.9. The van der Waals surface area contributed by atoms with Crippen molar-refractivity contribution in [3.8, 4) is 0 Å². The molecule has 1 aliphatic rings. The zero-order valence-electron chi connectivity index (χ0n) is 18.1. The molecule has 2 heterocycles. The number of sulfonamides is 1. The van der Waals surface area contributed by atoms with Crippen LogP contribution >= 0.6 is 11.3 Å². The predicted octanol–water partition coefficient (Wildman–Crippen LogP) is 1.29. The van der Waals surface area contributed by atoms with Gasteiger partial charge in [0.15, 0.2) is 4.80 Å². The maximum Gasteiger partial charge on any atom is 0.338 e. The average Bonchev–Trinajstić information content (AvgIpc) is 3.34. The third kappa shape index (κ3) is 5.25. The molecule has 0 radical (unpaired) electrons. The van der Waals surface area contributed by atoms with Gasteiger partial charge in [0.05, 0.1) is 35.2 Å². The smallest absolute Gasteiger partial charge is 0.338 e. The molecule has 1 fully saturated rings. The van der Waals surface area contributed by atoms with Gasteiger partial charge >= 0.3 is 11.9 Å². The van der Waals surface area contributed by atoms with Crippen LogP contribution in [0.15, 0.2) is 23.2 Å². The standard InChI is InChI=1S/C20H25N3O7S2/c1-4-29-17(24)12-22-14-9-8-13(19(26)30-5-2)11-16(14)31-20(22)21-18(25)15-7-6-10-23(15)32(3,27)28/h8-9,11,15H,4-7,10,12H2,1-3H3. The first-order valence-electron chi connectivity index (χ1n) is 10.2. The van der Waals surface area contributed by atoms with Crippen molar-refractivity contribution in [2.24, 2.45) is 4.99 Å². The summed E-state index contributed by atoms with van der Waals surface area (Å²) in [5.74, 6) is -1.58. The molecule has 2 aromatic rings. The number of esters is 2. The van der Waals surface area contributed by atoms with Crippen molar-refractivity contribution in [2.45, 2.75) is 39.3 Å². The average molecular weight is 484 g/mol. The van der Waals surface area contributed by atoms with E-state index in [4.69, 9.17) is 9.47 Å². The summed E-state index contributed by atoms with van der Waals surface area (Å²) in [6, 6.07) is 3.96. The quantitative estimate of drug-likeness (QED) is 0.544. The van der Waals surface area contributed by atoms with Gasteiger partial charge in [-0.3, -0.25) is 9.59 Å². The summed E-state index contributed by atoms with van der Waals surface area (Å²) in [5.41, 5.74) is 0.926. The Bertz CT molecular complexity index is 1210. The number of hydrogen-bond donors (Lipinski definition) is 0. The molecule has 1 amide bonds. The van der Waals surface area contributed by atoms with E-state index >= 15 is 0 Å². The zero-order valence-corrected chi connectivity index (χ0v) is 19.7. The topological polar surface area (TPSA) is 124 Å². The molecule has 12 heteroatoms. The van der Waals surface area contributed by atoms with Crippen molar-refractivity contribution < 1.29 is 32.3 Å². The lowest BCUT2D eigenvalue weighted by atomic mass is 10.2. The SMILES string of the molecule is CCOC(=O)Cn1c(=NC(=O)C2CCCN2S(C)(=O)=O)sc2cc(C(=O)OCC)ccc21. The van der Waals surface area contributed by atoms with Crippen molar-refractivity contribution in [1.82, 2.24) is 8.87 Å². The van der Waals surface area contributed by atoms with Crippen LogP contribution in [0.4, 0.5) is 0 Å². The third-order valence-corrected chi connectivity index (χ3v) is 7.24. The summed E-state index contributed by atoms with van der Waals surface area (Å²) < 4.78 is 37.4. The number of thiazole rings is 1. The van der Waals surface area contributed by atoms with Crippen LogP contribution in [-0.2, 0) is 35.6 Å². The van der Waals surface area contributed by atoms with Gasteiger partial charge in [-0.25, -0.2) is 13.2 Å². The number of carbonyl (C=O) groups excluding carboxylic acids is 3. The summed E-state index contributed by atoms with van der Waals surface area (Å²) in [6.45, 7) is 3.92. The molecule has 1 aromatic heterocycles. The minimum atomic E-state index is -3.55. The van der Waals surface area contributed by atoms with Gasteiger partial charge in [0.25, 0.3) is 5.91 Å². The Labute approximate surface area is 189 Å². The van der Waals surface area contributed by atoms with Gasteiger partial charge in [-0.05, 0) is 44.9 Å². The van der Waals surface area contributed by atoms with Gasteiger partial charge in [-0.1, -0.05) is 11.3 Å². The van der Waals surface area contributed by atoms with Crippen LogP contribution in [0.3, 0.4) is 0 Å². The molecular formula is C20H25N3O7S2. The zero-order chi connectivity index (χ0) is 23.5. The number of fused-ring (bicyclic) bond motifs is 1. The van der Waals surface area contributed by atoms with Crippen molar-refractivity contribution in [2.75, 3.05) is 26.0 Å². The van der Waals surface area contributed by atoms with E-state index in [9.17, 15) is 22.8 Å². The first kappa shape index (κ1) is 24.1. The molecule has 1 atom stereocenters. The van der Waals surface area contributed by atoms with E-state index in [-0.39, 0.29) is 31.1 Å². The number of ether oxygens (including phenoxy) is 2. The largest absolute Gasteiger partial charge is 0.465 e. The molecule has 0 spiro atoms. The number of nitrogens with zero attached hydrogens (tertiary/aromatic N) is 3. The summed E-state index contributed by atoms with van der Waals surface area (Å²) in [4.78, 5) is 41.6. The Hall–Kier alpha value is -2.57. The summed E-state index contributed by atoms with van der Waals surface area (Å²) in [7, 11) is -3.55. The summed E-state index contributed by atoms with van der Waals surface area (Å²) >= 11 is 1.12. The maximum atomic E-state index is 12.9. The Balaban J connectivity index is 2.07. The van der Waals surface area contributed by atoms with E-state index in [0.717, 1.165) is 21.9 Å². The predicted molar refractivity (Wildman–Crippen MR) is 118 cm³/mol. The highest BCUT2D eigenvalue weighted by atomic mass is 32.2. The Morgan fingerprint density at radius 2 is 1.91 bits per heavy atom. The molecule has 0 saturated carbocycles. The van der Waals surface area contributed by atoms with Crippen LogP contribution in [-0.4, -0.2) is 67.2 Å². The van der Waals surface area contributed by atoms with Gasteiger partial charge in [0.1, 0.15) is 12.6 Å². The lowest BCUT2D eigenvalue weighted by molar-refractivity contribution is -0.143. The molecule has 0 aliphatic carbocycles. The second-order valence-electron chi connectivity index (χ2n) is 7.16. The Kier molecular flexibility index (Phi) is 7.47. The van der Waals surface area contributed by atoms with Crippen LogP contribution in [0.5, 0.6) is 0 Å².